The van der Waals surface area contributed by atoms with Crippen LogP contribution in [0, 0.1) is 0 Å². The highest BCUT2D eigenvalue weighted by Crippen LogP contribution is 2.41. The maximum Gasteiger partial charge on any atom is 0.264 e. The Morgan fingerprint density at radius 3 is 2.70 bits per heavy atom. The zero-order valence-electron chi connectivity index (χ0n) is 12.0. The van der Waals surface area contributed by atoms with Crippen molar-refractivity contribution in [3.05, 3.63) is 23.8 Å². The maximum atomic E-state index is 10.7. The minimum absolute atomic E-state index is 0.0494. The molecule has 20 heavy (non-hydrogen) atoms. The molecule has 0 amide bonds. The summed E-state index contributed by atoms with van der Waals surface area (Å²) >= 11 is 0. The fourth-order valence-corrected chi connectivity index (χ4v) is 3.37. The molecule has 0 aliphatic carbocycles. The Hall–Kier alpha value is -1.27. The van der Waals surface area contributed by atoms with Crippen molar-refractivity contribution in [3.63, 3.8) is 0 Å². The molecule has 0 saturated heterocycles. The van der Waals surface area contributed by atoms with E-state index in [1.165, 1.54) is 11.3 Å². The number of fused-ring (bicyclic) bond motifs is 1. The normalized spacial score (nSPS) is 17.2. The van der Waals surface area contributed by atoms with E-state index in [1.807, 2.05) is 18.2 Å². The highest BCUT2D eigenvalue weighted by Gasteiger charge is 2.34. The van der Waals surface area contributed by atoms with Crippen molar-refractivity contribution < 1.29 is 13.0 Å². The molecule has 1 heterocycles. The van der Waals surface area contributed by atoms with E-state index in [1.54, 1.807) is 0 Å². The molecule has 1 aromatic carbocycles. The van der Waals surface area contributed by atoms with Gasteiger partial charge in [-0.3, -0.25) is 4.55 Å². The van der Waals surface area contributed by atoms with Gasteiger partial charge in [0.25, 0.3) is 10.1 Å². The van der Waals surface area contributed by atoms with Gasteiger partial charge in [-0.25, -0.2) is 0 Å². The van der Waals surface area contributed by atoms with Crippen LogP contribution >= 0.6 is 0 Å². The summed E-state index contributed by atoms with van der Waals surface area (Å²) in [6, 6.07) is 5.95. The summed E-state index contributed by atoms with van der Waals surface area (Å²) in [6.45, 7) is 6.06. The standard InChI is InChI=1S/C14H22N2O3S/c1-14(2)10-16(7-3-4-8-20(17,18)19)13-6-5-11(15)9-12(13)14/h5-6,9H,3-4,7-8,10,15H2,1-2H3,(H,17,18,19). The summed E-state index contributed by atoms with van der Waals surface area (Å²) in [5, 5.41) is 0. The fourth-order valence-electron chi connectivity index (χ4n) is 2.81. The molecule has 0 aromatic heterocycles. The summed E-state index contributed by atoms with van der Waals surface area (Å²) in [5.74, 6) is -0.168. The number of nitrogens with two attached hydrogens (primary N) is 1. The molecule has 0 unspecified atom stereocenters. The number of hydrogen-bond donors (Lipinski definition) is 2. The minimum Gasteiger partial charge on any atom is -0.399 e. The molecule has 3 N–H and O–H groups in total. The van der Waals surface area contributed by atoms with Crippen LogP contribution in [0.1, 0.15) is 32.3 Å². The van der Waals surface area contributed by atoms with Crippen LogP contribution in [-0.4, -0.2) is 31.8 Å². The third kappa shape index (κ3) is 3.43. The van der Waals surface area contributed by atoms with E-state index in [4.69, 9.17) is 10.3 Å². The van der Waals surface area contributed by atoms with E-state index in [-0.39, 0.29) is 11.2 Å². The lowest BCUT2D eigenvalue weighted by molar-refractivity contribution is 0.479. The Labute approximate surface area is 120 Å². The van der Waals surface area contributed by atoms with Crippen LogP contribution in [0.2, 0.25) is 0 Å². The zero-order valence-corrected chi connectivity index (χ0v) is 12.8. The van der Waals surface area contributed by atoms with Gasteiger partial charge in [-0.2, -0.15) is 8.42 Å². The monoisotopic (exact) mass is 298 g/mol. The van der Waals surface area contributed by atoms with Gasteiger partial charge >= 0.3 is 0 Å². The van der Waals surface area contributed by atoms with E-state index in [0.29, 0.717) is 6.42 Å². The molecule has 0 saturated carbocycles. The highest BCUT2D eigenvalue weighted by molar-refractivity contribution is 7.85. The average molecular weight is 298 g/mol. The first-order valence-electron chi connectivity index (χ1n) is 6.79. The molecule has 6 heteroatoms. The molecule has 1 aromatic rings. The lowest BCUT2D eigenvalue weighted by atomic mass is 9.87. The molecule has 1 aliphatic rings. The summed E-state index contributed by atoms with van der Waals surface area (Å²) in [7, 11) is -3.84. The predicted octanol–water partition coefficient (Wildman–Crippen LogP) is 2.03. The zero-order chi connectivity index (χ0) is 15.0. The van der Waals surface area contributed by atoms with Crippen molar-refractivity contribution in [2.45, 2.75) is 32.1 Å². The summed E-state index contributed by atoms with van der Waals surface area (Å²) in [5.41, 5.74) is 9.09. The first-order valence-corrected chi connectivity index (χ1v) is 8.40. The molecule has 0 atom stereocenters. The molecule has 0 bridgehead atoms. The minimum atomic E-state index is -3.84. The third-order valence-electron chi connectivity index (χ3n) is 3.76. The predicted molar refractivity (Wildman–Crippen MR) is 81.7 cm³/mol. The third-order valence-corrected chi connectivity index (χ3v) is 4.56. The van der Waals surface area contributed by atoms with Gasteiger partial charge in [0.2, 0.25) is 0 Å². The maximum absolute atomic E-state index is 10.7. The number of nitrogen functional groups attached to an aromatic ring is 1. The molecule has 5 nitrogen and oxygen atoms in total. The number of nitrogens with zero attached hydrogens (tertiary/aromatic N) is 1. The molecular formula is C14H22N2O3S. The van der Waals surface area contributed by atoms with Gasteiger partial charge in [-0.15, -0.1) is 0 Å². The van der Waals surface area contributed by atoms with Crippen LogP contribution in [0.5, 0.6) is 0 Å². The van der Waals surface area contributed by atoms with Gasteiger partial charge in [-0.1, -0.05) is 13.8 Å². The fraction of sp³-hybridized carbons (Fsp3) is 0.571. The molecule has 2 rings (SSSR count). The van der Waals surface area contributed by atoms with Crippen LogP contribution in [0.3, 0.4) is 0 Å². The van der Waals surface area contributed by atoms with Gasteiger partial charge in [0, 0.05) is 29.9 Å². The molecule has 1 aliphatic heterocycles. The lowest BCUT2D eigenvalue weighted by Crippen LogP contribution is -2.29. The first kappa shape index (κ1) is 15.1. The Bertz CT molecular complexity index is 596. The number of anilines is 2. The summed E-state index contributed by atoms with van der Waals surface area (Å²) in [6.07, 6.45) is 1.21. The van der Waals surface area contributed by atoms with Gasteiger partial charge in [0.15, 0.2) is 0 Å². The lowest BCUT2D eigenvalue weighted by Gasteiger charge is -2.22. The number of benzene rings is 1. The Morgan fingerprint density at radius 2 is 2.05 bits per heavy atom. The van der Waals surface area contributed by atoms with Crippen LogP contribution in [0.15, 0.2) is 18.2 Å². The van der Waals surface area contributed by atoms with Crippen molar-refractivity contribution in [1.29, 1.82) is 0 Å². The first-order chi connectivity index (χ1) is 9.19. The smallest absolute Gasteiger partial charge is 0.264 e. The molecular weight excluding hydrogens is 276 g/mol. The van der Waals surface area contributed by atoms with Gasteiger partial charge < -0.3 is 10.6 Å². The van der Waals surface area contributed by atoms with Crippen LogP contribution in [-0.2, 0) is 15.5 Å². The van der Waals surface area contributed by atoms with Crippen molar-refractivity contribution >= 4 is 21.5 Å². The molecule has 0 fully saturated rings. The highest BCUT2D eigenvalue weighted by atomic mass is 32.2. The van der Waals surface area contributed by atoms with Crippen LogP contribution < -0.4 is 10.6 Å². The quantitative estimate of drug-likeness (QED) is 0.494. The SMILES string of the molecule is CC1(C)CN(CCCCS(=O)(=O)O)c2ccc(N)cc21. The summed E-state index contributed by atoms with van der Waals surface area (Å²) < 4.78 is 30.1. The van der Waals surface area contributed by atoms with Crippen LogP contribution in [0.25, 0.3) is 0 Å². The number of rotatable bonds is 5. The number of hydrogen-bond acceptors (Lipinski definition) is 4. The van der Waals surface area contributed by atoms with Gasteiger partial charge in [-0.05, 0) is 36.6 Å². The number of unbranched alkanes of at least 4 members (excludes halogenated alkanes) is 1. The second kappa shape index (κ2) is 5.26. The van der Waals surface area contributed by atoms with E-state index in [2.05, 4.69) is 18.7 Å². The molecule has 0 spiro atoms. The van der Waals surface area contributed by atoms with E-state index >= 15 is 0 Å². The van der Waals surface area contributed by atoms with Crippen molar-refractivity contribution in [1.82, 2.24) is 0 Å². The largest absolute Gasteiger partial charge is 0.399 e. The van der Waals surface area contributed by atoms with Crippen molar-refractivity contribution in [2.24, 2.45) is 0 Å². The Kier molecular flexibility index (Phi) is 3.97. The second-order valence-corrected chi connectivity index (χ2v) is 7.65. The Morgan fingerprint density at radius 1 is 1.35 bits per heavy atom. The van der Waals surface area contributed by atoms with Crippen molar-refractivity contribution in [3.8, 4) is 0 Å². The van der Waals surface area contributed by atoms with E-state index < -0.39 is 10.1 Å². The van der Waals surface area contributed by atoms with Crippen molar-refractivity contribution in [2.75, 3.05) is 29.5 Å². The van der Waals surface area contributed by atoms with Crippen LogP contribution in [0.4, 0.5) is 11.4 Å². The molecule has 0 radical (unpaired) electrons. The van der Waals surface area contributed by atoms with E-state index in [9.17, 15) is 8.42 Å². The topological polar surface area (TPSA) is 83.6 Å². The van der Waals surface area contributed by atoms with Gasteiger partial charge in [0.05, 0.1) is 5.75 Å². The average Bonchev–Trinajstić information content (AvgIpc) is 2.55. The summed E-state index contributed by atoms with van der Waals surface area (Å²) in [4.78, 5) is 2.26. The van der Waals surface area contributed by atoms with Gasteiger partial charge in [0.1, 0.15) is 0 Å². The van der Waals surface area contributed by atoms with E-state index in [0.717, 1.165) is 25.2 Å². The Balaban J connectivity index is 2.02. The second-order valence-electron chi connectivity index (χ2n) is 6.08. The molecule has 112 valence electrons.